The predicted octanol–water partition coefficient (Wildman–Crippen LogP) is 3.40. The number of hydrogen-bond acceptors (Lipinski definition) is 2. The molecular formula is C14H20N2S. The number of aromatic nitrogens is 1. The highest BCUT2D eigenvalue weighted by atomic mass is 32.2. The van der Waals surface area contributed by atoms with Crippen molar-refractivity contribution < 1.29 is 0 Å². The lowest BCUT2D eigenvalue weighted by Gasteiger charge is -2.15. The molecule has 1 aromatic carbocycles. The molecule has 0 radical (unpaired) electrons. The van der Waals surface area contributed by atoms with Crippen molar-refractivity contribution in [2.75, 3.05) is 12.0 Å². The third-order valence-corrected chi connectivity index (χ3v) is 3.81. The van der Waals surface area contributed by atoms with E-state index in [0.29, 0.717) is 6.04 Å². The summed E-state index contributed by atoms with van der Waals surface area (Å²) in [7, 11) is 0. The first kappa shape index (κ1) is 12.5. The number of fused-ring (bicyclic) bond motifs is 1. The molecule has 0 bridgehead atoms. The van der Waals surface area contributed by atoms with E-state index in [1.807, 2.05) is 18.0 Å². The Balaban J connectivity index is 1.97. The van der Waals surface area contributed by atoms with Gasteiger partial charge in [0, 0.05) is 30.1 Å². The Labute approximate surface area is 107 Å². The van der Waals surface area contributed by atoms with Crippen molar-refractivity contribution in [1.29, 1.82) is 0 Å². The molecule has 3 heteroatoms. The largest absolute Gasteiger partial charge is 0.361 e. The van der Waals surface area contributed by atoms with E-state index >= 15 is 0 Å². The lowest BCUT2D eigenvalue weighted by molar-refractivity contribution is 0.541. The van der Waals surface area contributed by atoms with Crippen molar-refractivity contribution in [3.63, 3.8) is 0 Å². The Bertz CT molecular complexity index is 464. The van der Waals surface area contributed by atoms with Crippen LogP contribution >= 0.6 is 11.8 Å². The maximum absolute atomic E-state index is 3.61. The molecule has 2 nitrogen and oxygen atoms in total. The van der Waals surface area contributed by atoms with E-state index in [0.717, 1.165) is 6.54 Å². The van der Waals surface area contributed by atoms with Crippen molar-refractivity contribution in [2.45, 2.75) is 25.9 Å². The SMILES string of the molecule is CCC(CSC)NCc1ccc2[nH]ccc2c1. The molecule has 2 rings (SSSR count). The molecule has 0 fully saturated rings. The van der Waals surface area contributed by atoms with Gasteiger partial charge < -0.3 is 10.3 Å². The fourth-order valence-electron chi connectivity index (χ4n) is 2.00. The van der Waals surface area contributed by atoms with Gasteiger partial charge in [-0.2, -0.15) is 11.8 Å². The molecular weight excluding hydrogens is 228 g/mol. The van der Waals surface area contributed by atoms with Crippen LogP contribution < -0.4 is 5.32 Å². The van der Waals surface area contributed by atoms with Gasteiger partial charge in [0.25, 0.3) is 0 Å². The third kappa shape index (κ3) is 3.27. The first-order chi connectivity index (χ1) is 8.33. The number of hydrogen-bond donors (Lipinski definition) is 2. The molecule has 0 saturated carbocycles. The van der Waals surface area contributed by atoms with Crippen LogP contribution in [0.4, 0.5) is 0 Å². The number of thioether (sulfide) groups is 1. The van der Waals surface area contributed by atoms with Crippen LogP contribution in [0.5, 0.6) is 0 Å². The summed E-state index contributed by atoms with van der Waals surface area (Å²) in [4.78, 5) is 3.22. The molecule has 0 aliphatic heterocycles. The fourth-order valence-corrected chi connectivity index (χ4v) is 2.75. The lowest BCUT2D eigenvalue weighted by Crippen LogP contribution is -2.30. The highest BCUT2D eigenvalue weighted by Crippen LogP contribution is 2.14. The zero-order valence-electron chi connectivity index (χ0n) is 10.5. The van der Waals surface area contributed by atoms with Crippen molar-refractivity contribution in [1.82, 2.24) is 10.3 Å². The molecule has 1 atom stereocenters. The van der Waals surface area contributed by atoms with Gasteiger partial charge in [-0.1, -0.05) is 13.0 Å². The van der Waals surface area contributed by atoms with Crippen molar-refractivity contribution in [3.05, 3.63) is 36.0 Å². The van der Waals surface area contributed by atoms with E-state index in [1.165, 1.54) is 28.6 Å². The van der Waals surface area contributed by atoms with Crippen LogP contribution in [0.25, 0.3) is 10.9 Å². The van der Waals surface area contributed by atoms with Gasteiger partial charge in [-0.3, -0.25) is 0 Å². The number of rotatable bonds is 6. The Morgan fingerprint density at radius 1 is 1.35 bits per heavy atom. The summed E-state index contributed by atoms with van der Waals surface area (Å²) < 4.78 is 0. The van der Waals surface area contributed by atoms with Gasteiger partial charge >= 0.3 is 0 Å². The van der Waals surface area contributed by atoms with Crippen LogP contribution in [0.15, 0.2) is 30.5 Å². The number of benzene rings is 1. The normalized spacial score (nSPS) is 13.1. The molecule has 2 aromatic rings. The molecule has 0 amide bonds. The van der Waals surface area contributed by atoms with Gasteiger partial charge in [0.05, 0.1) is 0 Å². The Morgan fingerprint density at radius 2 is 2.24 bits per heavy atom. The van der Waals surface area contributed by atoms with Gasteiger partial charge in [0.2, 0.25) is 0 Å². The summed E-state index contributed by atoms with van der Waals surface area (Å²) in [5.41, 5.74) is 2.57. The van der Waals surface area contributed by atoms with Crippen LogP contribution in [0.2, 0.25) is 0 Å². The minimum absolute atomic E-state index is 0.618. The molecule has 17 heavy (non-hydrogen) atoms. The predicted molar refractivity (Wildman–Crippen MR) is 77.6 cm³/mol. The van der Waals surface area contributed by atoms with Crippen LogP contribution in [0.3, 0.4) is 0 Å². The lowest BCUT2D eigenvalue weighted by atomic mass is 10.1. The van der Waals surface area contributed by atoms with Crippen LogP contribution in [-0.4, -0.2) is 23.0 Å². The second-order valence-corrected chi connectivity index (χ2v) is 5.25. The third-order valence-electron chi connectivity index (χ3n) is 3.07. The van der Waals surface area contributed by atoms with Crippen molar-refractivity contribution >= 4 is 22.7 Å². The Kier molecular flexibility index (Phi) is 4.51. The van der Waals surface area contributed by atoms with E-state index in [-0.39, 0.29) is 0 Å². The van der Waals surface area contributed by atoms with E-state index < -0.39 is 0 Å². The summed E-state index contributed by atoms with van der Waals surface area (Å²) in [6.07, 6.45) is 5.34. The average Bonchev–Trinajstić information content (AvgIpc) is 2.81. The van der Waals surface area contributed by atoms with E-state index in [9.17, 15) is 0 Å². The zero-order valence-corrected chi connectivity index (χ0v) is 11.3. The highest BCUT2D eigenvalue weighted by Gasteiger charge is 2.04. The second kappa shape index (κ2) is 6.12. The van der Waals surface area contributed by atoms with Gasteiger partial charge in [0.15, 0.2) is 0 Å². The molecule has 0 spiro atoms. The van der Waals surface area contributed by atoms with E-state index in [4.69, 9.17) is 0 Å². The van der Waals surface area contributed by atoms with E-state index in [2.05, 4.69) is 47.7 Å². The summed E-state index contributed by atoms with van der Waals surface area (Å²) in [5.74, 6) is 1.18. The fraction of sp³-hybridized carbons (Fsp3) is 0.429. The Hall–Kier alpha value is -0.930. The van der Waals surface area contributed by atoms with Crippen LogP contribution in [0, 0.1) is 0 Å². The monoisotopic (exact) mass is 248 g/mol. The summed E-state index contributed by atoms with van der Waals surface area (Å²) in [5, 5.41) is 4.91. The van der Waals surface area contributed by atoms with Gasteiger partial charge in [-0.05, 0) is 41.8 Å². The van der Waals surface area contributed by atoms with Crippen molar-refractivity contribution in [2.24, 2.45) is 0 Å². The molecule has 92 valence electrons. The zero-order chi connectivity index (χ0) is 12.1. The molecule has 2 N–H and O–H groups in total. The molecule has 0 aliphatic rings. The Morgan fingerprint density at radius 3 is 3.00 bits per heavy atom. The molecule has 0 aliphatic carbocycles. The molecule has 1 heterocycles. The molecule has 1 aromatic heterocycles. The summed E-state index contributed by atoms with van der Waals surface area (Å²) >= 11 is 1.91. The number of nitrogens with one attached hydrogen (secondary N) is 2. The maximum Gasteiger partial charge on any atom is 0.0454 e. The van der Waals surface area contributed by atoms with Gasteiger partial charge in [-0.15, -0.1) is 0 Å². The standard InChI is InChI=1S/C14H20N2S/c1-3-13(10-17-2)16-9-11-4-5-14-12(8-11)6-7-15-14/h4-8,13,15-16H,3,9-10H2,1-2H3. The summed E-state index contributed by atoms with van der Waals surface area (Å²) in [6.45, 7) is 3.20. The first-order valence-electron chi connectivity index (χ1n) is 6.12. The van der Waals surface area contributed by atoms with Crippen LogP contribution in [-0.2, 0) is 6.54 Å². The van der Waals surface area contributed by atoms with Gasteiger partial charge in [-0.25, -0.2) is 0 Å². The average molecular weight is 248 g/mol. The maximum atomic E-state index is 3.61. The quantitative estimate of drug-likeness (QED) is 0.820. The van der Waals surface area contributed by atoms with E-state index in [1.54, 1.807) is 0 Å². The number of aromatic amines is 1. The minimum atomic E-state index is 0.618. The smallest absolute Gasteiger partial charge is 0.0454 e. The topological polar surface area (TPSA) is 27.8 Å². The second-order valence-electron chi connectivity index (χ2n) is 4.34. The minimum Gasteiger partial charge on any atom is -0.361 e. The molecule has 1 unspecified atom stereocenters. The highest BCUT2D eigenvalue weighted by molar-refractivity contribution is 7.98. The number of H-pyrrole nitrogens is 1. The van der Waals surface area contributed by atoms with Crippen LogP contribution in [0.1, 0.15) is 18.9 Å². The van der Waals surface area contributed by atoms with Gasteiger partial charge in [0.1, 0.15) is 0 Å². The van der Waals surface area contributed by atoms with Crippen molar-refractivity contribution in [3.8, 4) is 0 Å². The molecule has 0 saturated heterocycles. The first-order valence-corrected chi connectivity index (χ1v) is 7.51. The summed E-state index contributed by atoms with van der Waals surface area (Å²) in [6, 6.07) is 9.34.